The summed E-state index contributed by atoms with van der Waals surface area (Å²) in [6.07, 6.45) is 8.93. The fraction of sp³-hybridized carbons (Fsp3) is 0.429. The van der Waals surface area contributed by atoms with Crippen LogP contribution in [0.25, 0.3) is 0 Å². The second-order valence-electron chi connectivity index (χ2n) is 6.01. The molecule has 0 aliphatic carbocycles. The summed E-state index contributed by atoms with van der Waals surface area (Å²) in [5.74, 6) is 0. The number of hydrogen-bond donors (Lipinski definition) is 0. The van der Waals surface area contributed by atoms with Crippen LogP contribution in [-0.4, -0.2) is 0 Å². The number of benzene rings is 2. The van der Waals surface area contributed by atoms with Crippen LogP contribution in [0.15, 0.2) is 48.5 Å². The zero-order valence-electron chi connectivity index (χ0n) is 13.6. The standard InChI is InChI=1S/C21H28/c1-3-4-5-6-13-20-14-9-10-15-21(20)17-16-19-12-8-7-11-18(19)2/h7-12,14-15H,3-6,13,16-17H2,1-2H3. The van der Waals surface area contributed by atoms with Gasteiger partial charge in [-0.3, -0.25) is 0 Å². The van der Waals surface area contributed by atoms with Gasteiger partial charge in [-0.1, -0.05) is 74.7 Å². The molecule has 0 bridgehead atoms. The number of hydrogen-bond acceptors (Lipinski definition) is 0. The minimum Gasteiger partial charge on any atom is -0.0654 e. The van der Waals surface area contributed by atoms with E-state index in [4.69, 9.17) is 0 Å². The molecule has 0 N–H and O–H groups in total. The molecule has 0 aromatic heterocycles. The van der Waals surface area contributed by atoms with Crippen LogP contribution < -0.4 is 0 Å². The first-order chi connectivity index (χ1) is 10.3. The van der Waals surface area contributed by atoms with Gasteiger partial charge in [0.25, 0.3) is 0 Å². The lowest BCUT2D eigenvalue weighted by Gasteiger charge is -2.11. The van der Waals surface area contributed by atoms with E-state index in [0.29, 0.717) is 0 Å². The van der Waals surface area contributed by atoms with Gasteiger partial charge in [0.1, 0.15) is 0 Å². The van der Waals surface area contributed by atoms with Crippen molar-refractivity contribution in [3.05, 3.63) is 70.8 Å². The molecular weight excluding hydrogens is 252 g/mol. The molecule has 21 heavy (non-hydrogen) atoms. The summed E-state index contributed by atoms with van der Waals surface area (Å²) in [4.78, 5) is 0. The maximum Gasteiger partial charge on any atom is -0.0235 e. The van der Waals surface area contributed by atoms with E-state index in [1.807, 2.05) is 0 Å². The Morgan fingerprint density at radius 2 is 1.19 bits per heavy atom. The molecule has 0 nitrogen and oxygen atoms in total. The molecule has 2 rings (SSSR count). The highest BCUT2D eigenvalue weighted by Gasteiger charge is 2.04. The minimum absolute atomic E-state index is 1.15. The van der Waals surface area contributed by atoms with Crippen molar-refractivity contribution < 1.29 is 0 Å². The Balaban J connectivity index is 1.95. The molecule has 0 saturated heterocycles. The van der Waals surface area contributed by atoms with Gasteiger partial charge in [-0.2, -0.15) is 0 Å². The van der Waals surface area contributed by atoms with E-state index in [1.54, 1.807) is 5.56 Å². The predicted molar refractivity (Wildman–Crippen MR) is 92.9 cm³/mol. The van der Waals surface area contributed by atoms with E-state index in [0.717, 1.165) is 12.8 Å². The molecule has 0 saturated carbocycles. The van der Waals surface area contributed by atoms with Gasteiger partial charge >= 0.3 is 0 Å². The van der Waals surface area contributed by atoms with Crippen LogP contribution in [-0.2, 0) is 19.3 Å². The molecule has 0 unspecified atom stereocenters. The van der Waals surface area contributed by atoms with Gasteiger partial charge in [0.15, 0.2) is 0 Å². The molecule has 0 heteroatoms. The van der Waals surface area contributed by atoms with Crippen molar-refractivity contribution >= 4 is 0 Å². The molecule has 2 aromatic carbocycles. The summed E-state index contributed by atoms with van der Waals surface area (Å²) < 4.78 is 0. The van der Waals surface area contributed by atoms with Crippen molar-refractivity contribution in [2.75, 3.05) is 0 Å². The van der Waals surface area contributed by atoms with Gasteiger partial charge in [-0.15, -0.1) is 0 Å². The van der Waals surface area contributed by atoms with Crippen molar-refractivity contribution in [1.82, 2.24) is 0 Å². The van der Waals surface area contributed by atoms with E-state index in [9.17, 15) is 0 Å². The molecule has 0 aliphatic rings. The van der Waals surface area contributed by atoms with Crippen molar-refractivity contribution in [2.45, 2.75) is 58.8 Å². The first-order valence-corrected chi connectivity index (χ1v) is 8.42. The molecule has 0 aliphatic heterocycles. The molecule has 0 atom stereocenters. The molecule has 0 radical (unpaired) electrons. The summed E-state index contributed by atoms with van der Waals surface area (Å²) in [5, 5.41) is 0. The largest absolute Gasteiger partial charge is 0.0654 e. The number of unbranched alkanes of at least 4 members (excludes halogenated alkanes) is 3. The van der Waals surface area contributed by atoms with Crippen LogP contribution in [0.4, 0.5) is 0 Å². The van der Waals surface area contributed by atoms with Crippen LogP contribution in [0.3, 0.4) is 0 Å². The Labute approximate surface area is 130 Å². The minimum atomic E-state index is 1.15. The quantitative estimate of drug-likeness (QED) is 0.528. The van der Waals surface area contributed by atoms with E-state index in [2.05, 4.69) is 62.4 Å². The molecule has 0 spiro atoms. The monoisotopic (exact) mass is 280 g/mol. The smallest absolute Gasteiger partial charge is 0.0235 e. The van der Waals surface area contributed by atoms with Gasteiger partial charge < -0.3 is 0 Å². The van der Waals surface area contributed by atoms with E-state index >= 15 is 0 Å². The molecule has 0 amide bonds. The van der Waals surface area contributed by atoms with Crippen molar-refractivity contribution in [1.29, 1.82) is 0 Å². The molecule has 0 heterocycles. The Kier molecular flexibility index (Phi) is 6.53. The maximum absolute atomic E-state index is 2.32. The molecule has 2 aromatic rings. The van der Waals surface area contributed by atoms with E-state index in [-0.39, 0.29) is 0 Å². The fourth-order valence-corrected chi connectivity index (χ4v) is 2.95. The van der Waals surface area contributed by atoms with Gasteiger partial charge in [-0.25, -0.2) is 0 Å². The number of rotatable bonds is 8. The maximum atomic E-state index is 2.32. The zero-order valence-corrected chi connectivity index (χ0v) is 13.6. The van der Waals surface area contributed by atoms with Crippen molar-refractivity contribution in [2.24, 2.45) is 0 Å². The molecule has 0 fully saturated rings. The van der Waals surface area contributed by atoms with Gasteiger partial charge in [0, 0.05) is 0 Å². The average molecular weight is 280 g/mol. The highest BCUT2D eigenvalue weighted by atomic mass is 14.1. The normalized spacial score (nSPS) is 10.8. The Morgan fingerprint density at radius 3 is 1.86 bits per heavy atom. The summed E-state index contributed by atoms with van der Waals surface area (Å²) in [6.45, 7) is 4.49. The SMILES string of the molecule is CCCCCCc1ccccc1CCc1ccccc1C. The van der Waals surface area contributed by atoms with E-state index in [1.165, 1.54) is 48.8 Å². The molecule has 112 valence electrons. The summed E-state index contributed by atoms with van der Waals surface area (Å²) in [7, 11) is 0. The second kappa shape index (κ2) is 8.67. The van der Waals surface area contributed by atoms with Gasteiger partial charge in [0.05, 0.1) is 0 Å². The summed E-state index contributed by atoms with van der Waals surface area (Å²) in [5.41, 5.74) is 6.00. The first-order valence-electron chi connectivity index (χ1n) is 8.42. The van der Waals surface area contributed by atoms with Gasteiger partial charge in [-0.05, 0) is 54.9 Å². The topological polar surface area (TPSA) is 0 Å². The van der Waals surface area contributed by atoms with Crippen LogP contribution in [0.5, 0.6) is 0 Å². The third-order valence-corrected chi connectivity index (χ3v) is 4.34. The Bertz CT molecular complexity index is 539. The van der Waals surface area contributed by atoms with E-state index < -0.39 is 0 Å². The fourth-order valence-electron chi connectivity index (χ4n) is 2.95. The third kappa shape index (κ3) is 5.04. The van der Waals surface area contributed by atoms with Crippen LogP contribution in [0, 0.1) is 6.92 Å². The first kappa shape index (κ1) is 15.8. The average Bonchev–Trinajstić information content (AvgIpc) is 2.52. The molecular formula is C21H28. The van der Waals surface area contributed by atoms with Crippen LogP contribution >= 0.6 is 0 Å². The van der Waals surface area contributed by atoms with Crippen LogP contribution in [0.2, 0.25) is 0 Å². The number of aryl methyl sites for hydroxylation is 4. The predicted octanol–water partition coefficient (Wildman–Crippen LogP) is 5.90. The second-order valence-corrected chi connectivity index (χ2v) is 6.01. The van der Waals surface area contributed by atoms with Crippen molar-refractivity contribution in [3.8, 4) is 0 Å². The zero-order chi connectivity index (χ0) is 14.9. The Morgan fingerprint density at radius 1 is 0.619 bits per heavy atom. The van der Waals surface area contributed by atoms with Crippen LogP contribution in [0.1, 0.15) is 54.9 Å². The lowest BCUT2D eigenvalue weighted by molar-refractivity contribution is 0.664. The highest BCUT2D eigenvalue weighted by molar-refractivity contribution is 5.31. The summed E-state index contributed by atoms with van der Waals surface area (Å²) >= 11 is 0. The highest BCUT2D eigenvalue weighted by Crippen LogP contribution is 2.17. The Hall–Kier alpha value is -1.56. The van der Waals surface area contributed by atoms with Crippen molar-refractivity contribution in [3.63, 3.8) is 0 Å². The lowest BCUT2D eigenvalue weighted by Crippen LogP contribution is -1.98. The summed E-state index contributed by atoms with van der Waals surface area (Å²) in [6, 6.07) is 17.8. The van der Waals surface area contributed by atoms with Gasteiger partial charge in [0.2, 0.25) is 0 Å². The lowest BCUT2D eigenvalue weighted by atomic mass is 9.95. The third-order valence-electron chi connectivity index (χ3n) is 4.34.